The van der Waals surface area contributed by atoms with Gasteiger partial charge in [0, 0.05) is 10.4 Å². The van der Waals surface area contributed by atoms with E-state index in [0.717, 1.165) is 51.1 Å². The minimum Gasteiger partial charge on any atom is -0.313 e. The number of hydrogen-bond acceptors (Lipinski definition) is 4. The largest absolute Gasteiger partial charge is 0.313 e. The van der Waals surface area contributed by atoms with Gasteiger partial charge in [0.05, 0.1) is 20.8 Å². The lowest BCUT2D eigenvalue weighted by atomic mass is 9.88. The third kappa shape index (κ3) is 3.53. The van der Waals surface area contributed by atoms with Crippen molar-refractivity contribution in [3.05, 3.63) is 69.3 Å². The fraction of sp³-hybridized carbons (Fsp3) is 0.217. The quantitative estimate of drug-likeness (QED) is 0.354. The van der Waals surface area contributed by atoms with E-state index in [1.807, 2.05) is 18.2 Å². The van der Waals surface area contributed by atoms with E-state index in [9.17, 15) is 9.18 Å². The topological polar surface area (TPSA) is 42.0 Å². The number of para-hydroxylation sites is 1. The summed E-state index contributed by atoms with van der Waals surface area (Å²) in [4.78, 5) is 19.1. The number of anilines is 1. The molecule has 7 heteroatoms. The second kappa shape index (κ2) is 7.76. The first-order valence-corrected chi connectivity index (χ1v) is 11.8. The fourth-order valence-electron chi connectivity index (χ4n) is 3.89. The molecule has 1 amide bonds. The molecule has 0 saturated heterocycles. The number of carbonyl (C=O) groups excluding carboxylic acids is 1. The normalized spacial score (nSPS) is 15.9. The first kappa shape index (κ1) is 19.7. The maximum absolute atomic E-state index is 13.4. The van der Waals surface area contributed by atoms with Crippen molar-refractivity contribution < 1.29 is 9.18 Å². The third-order valence-electron chi connectivity index (χ3n) is 5.42. The summed E-state index contributed by atoms with van der Waals surface area (Å²) >= 11 is 9.37. The molecule has 0 spiro atoms. The number of amides is 1. The Bertz CT molecular complexity index is 1250. The molecule has 0 bridgehead atoms. The number of benzene rings is 2. The van der Waals surface area contributed by atoms with Crippen molar-refractivity contribution in [3.8, 4) is 10.6 Å². The fourth-order valence-corrected chi connectivity index (χ4v) is 6.66. The smallest absolute Gasteiger partial charge is 0.257 e. The van der Waals surface area contributed by atoms with Gasteiger partial charge in [-0.25, -0.2) is 9.37 Å². The van der Waals surface area contributed by atoms with E-state index in [1.54, 1.807) is 22.7 Å². The number of thiazole rings is 1. The Kier molecular flexibility index (Phi) is 5.09. The molecule has 5 rings (SSSR count). The van der Waals surface area contributed by atoms with Crippen LogP contribution in [0.15, 0.2) is 42.5 Å². The van der Waals surface area contributed by atoms with Crippen LogP contribution in [0.2, 0.25) is 5.02 Å². The van der Waals surface area contributed by atoms with E-state index < -0.39 is 5.82 Å². The highest BCUT2D eigenvalue weighted by Gasteiger charge is 2.27. The lowest BCUT2D eigenvalue weighted by molar-refractivity contribution is 0.102. The minimum absolute atomic E-state index is 0.101. The van der Waals surface area contributed by atoms with Crippen LogP contribution in [0, 0.1) is 11.7 Å². The highest BCUT2D eigenvalue weighted by molar-refractivity contribution is 7.23. The molecule has 0 saturated carbocycles. The van der Waals surface area contributed by atoms with Crippen LogP contribution in [0.5, 0.6) is 0 Å². The summed E-state index contributed by atoms with van der Waals surface area (Å²) in [6.45, 7) is 2.26. The average Bonchev–Trinajstić information content (AvgIpc) is 3.27. The number of rotatable bonds is 3. The maximum Gasteiger partial charge on any atom is 0.257 e. The van der Waals surface area contributed by atoms with Gasteiger partial charge in [-0.2, -0.15) is 0 Å². The Morgan fingerprint density at radius 3 is 2.87 bits per heavy atom. The summed E-state index contributed by atoms with van der Waals surface area (Å²) in [5.74, 6) is -0.184. The van der Waals surface area contributed by atoms with E-state index in [-0.39, 0.29) is 16.5 Å². The van der Waals surface area contributed by atoms with Gasteiger partial charge in [0.15, 0.2) is 0 Å². The van der Waals surface area contributed by atoms with E-state index in [0.29, 0.717) is 5.92 Å². The first-order chi connectivity index (χ1) is 14.5. The summed E-state index contributed by atoms with van der Waals surface area (Å²) in [5.41, 5.74) is 3.53. The summed E-state index contributed by atoms with van der Waals surface area (Å²) < 4.78 is 14.5. The van der Waals surface area contributed by atoms with E-state index in [2.05, 4.69) is 18.3 Å². The third-order valence-corrected chi connectivity index (χ3v) is 7.96. The first-order valence-electron chi connectivity index (χ1n) is 9.76. The molecule has 1 aliphatic carbocycles. The molecule has 1 aliphatic rings. The monoisotopic (exact) mass is 456 g/mol. The molecule has 2 heterocycles. The second-order valence-corrected chi connectivity index (χ2v) is 10.2. The van der Waals surface area contributed by atoms with Crippen molar-refractivity contribution in [2.24, 2.45) is 5.92 Å². The zero-order valence-electron chi connectivity index (χ0n) is 16.2. The lowest BCUT2D eigenvalue weighted by Gasteiger charge is -2.18. The van der Waals surface area contributed by atoms with Crippen LogP contribution in [0.1, 0.15) is 34.1 Å². The molecule has 1 N–H and O–H groups in total. The van der Waals surface area contributed by atoms with Crippen molar-refractivity contribution in [2.75, 3.05) is 5.32 Å². The predicted octanol–water partition coefficient (Wildman–Crippen LogP) is 7.19. The van der Waals surface area contributed by atoms with Gasteiger partial charge < -0.3 is 5.32 Å². The minimum atomic E-state index is -0.465. The molecular weight excluding hydrogens is 439 g/mol. The molecule has 3 nitrogen and oxygen atoms in total. The van der Waals surface area contributed by atoms with E-state index >= 15 is 0 Å². The Morgan fingerprint density at radius 2 is 2.07 bits per heavy atom. The molecule has 30 heavy (non-hydrogen) atoms. The number of aromatic nitrogens is 1. The summed E-state index contributed by atoms with van der Waals surface area (Å²) in [7, 11) is 0. The molecular formula is C23H18ClFN2OS2. The Balaban J connectivity index is 1.60. The molecule has 4 aromatic rings. The van der Waals surface area contributed by atoms with Gasteiger partial charge in [0.25, 0.3) is 5.91 Å². The van der Waals surface area contributed by atoms with Crippen molar-refractivity contribution in [1.82, 2.24) is 4.98 Å². The molecule has 0 fully saturated rings. The average molecular weight is 457 g/mol. The lowest BCUT2D eigenvalue weighted by Crippen LogP contribution is -2.12. The zero-order chi connectivity index (χ0) is 20.8. The number of halogens is 2. The summed E-state index contributed by atoms with van der Waals surface area (Å²) in [6.07, 6.45) is 3.11. The number of nitrogens with zero attached hydrogens (tertiary/aromatic N) is 1. The Morgan fingerprint density at radius 1 is 1.23 bits per heavy atom. The van der Waals surface area contributed by atoms with Crippen molar-refractivity contribution >= 4 is 55.4 Å². The summed E-state index contributed by atoms with van der Waals surface area (Å²) in [6, 6.07) is 11.9. The number of carbonyl (C=O) groups is 1. The van der Waals surface area contributed by atoms with Crippen LogP contribution >= 0.6 is 34.3 Å². The highest BCUT2D eigenvalue weighted by atomic mass is 35.5. The zero-order valence-corrected chi connectivity index (χ0v) is 18.6. The maximum atomic E-state index is 13.4. The molecule has 2 aromatic carbocycles. The van der Waals surface area contributed by atoms with Crippen LogP contribution in [-0.4, -0.2) is 10.9 Å². The van der Waals surface area contributed by atoms with Crippen LogP contribution in [0.3, 0.4) is 0 Å². The molecule has 1 atom stereocenters. The van der Waals surface area contributed by atoms with E-state index in [1.165, 1.54) is 22.6 Å². The molecule has 1 unspecified atom stereocenters. The summed E-state index contributed by atoms with van der Waals surface area (Å²) in [5, 5.41) is 4.85. The van der Waals surface area contributed by atoms with Crippen LogP contribution in [-0.2, 0) is 12.8 Å². The second-order valence-electron chi connectivity index (χ2n) is 7.62. The van der Waals surface area contributed by atoms with Gasteiger partial charge in [-0.15, -0.1) is 22.7 Å². The van der Waals surface area contributed by atoms with Crippen molar-refractivity contribution in [2.45, 2.75) is 26.2 Å². The van der Waals surface area contributed by atoms with Crippen LogP contribution in [0.25, 0.3) is 20.8 Å². The van der Waals surface area contributed by atoms with Gasteiger partial charge >= 0.3 is 0 Å². The standard InChI is InChI=1S/C23H18ClFN2OS2/c1-12-6-8-15-19(10-12)30-23(27-21(28)14-9-7-13(25)11-16(14)24)20(15)22-26-17-4-2-3-5-18(17)29-22/h2-5,7,9,11-12H,6,8,10H2,1H3,(H,27,28). The number of thiophene rings is 1. The van der Waals surface area contributed by atoms with Crippen molar-refractivity contribution in [1.29, 1.82) is 0 Å². The predicted molar refractivity (Wildman–Crippen MR) is 123 cm³/mol. The highest BCUT2D eigenvalue weighted by Crippen LogP contribution is 2.47. The Hall–Kier alpha value is -2.28. The van der Waals surface area contributed by atoms with Crippen LogP contribution in [0.4, 0.5) is 9.39 Å². The van der Waals surface area contributed by atoms with E-state index in [4.69, 9.17) is 16.6 Å². The van der Waals surface area contributed by atoms with Gasteiger partial charge in [0.1, 0.15) is 15.8 Å². The Labute approximate surface area is 186 Å². The van der Waals surface area contributed by atoms with Crippen molar-refractivity contribution in [3.63, 3.8) is 0 Å². The van der Waals surface area contributed by atoms with Crippen LogP contribution < -0.4 is 5.32 Å². The van der Waals surface area contributed by atoms with Gasteiger partial charge in [-0.3, -0.25) is 4.79 Å². The number of nitrogens with one attached hydrogen (secondary N) is 1. The molecule has 152 valence electrons. The SMILES string of the molecule is CC1CCc2c(sc(NC(=O)c3ccc(F)cc3Cl)c2-c2nc3ccccc3s2)C1. The molecule has 0 aliphatic heterocycles. The number of fused-ring (bicyclic) bond motifs is 2. The van der Waals surface area contributed by atoms with Gasteiger partial charge in [0.2, 0.25) is 0 Å². The molecule has 2 aromatic heterocycles. The van der Waals surface area contributed by atoms with Gasteiger partial charge in [-0.05, 0) is 61.1 Å². The number of hydrogen-bond donors (Lipinski definition) is 1. The van der Waals surface area contributed by atoms with Gasteiger partial charge in [-0.1, -0.05) is 30.7 Å². The molecule has 0 radical (unpaired) electrons.